The molecule has 0 spiro atoms. The highest BCUT2D eigenvalue weighted by atomic mass is 15.0. The zero-order valence-electron chi connectivity index (χ0n) is 13.2. The van der Waals surface area contributed by atoms with Gasteiger partial charge in [-0.25, -0.2) is 0 Å². The summed E-state index contributed by atoms with van der Waals surface area (Å²) in [5, 5.41) is 3.70. The number of hydrogen-bond donors (Lipinski definition) is 1. The van der Waals surface area contributed by atoms with E-state index in [-0.39, 0.29) is 0 Å². The van der Waals surface area contributed by atoms with Crippen molar-refractivity contribution in [2.45, 2.75) is 58.9 Å². The van der Waals surface area contributed by atoms with E-state index in [0.29, 0.717) is 12.0 Å². The van der Waals surface area contributed by atoms with Crippen LogP contribution in [0, 0.1) is 17.8 Å². The van der Waals surface area contributed by atoms with E-state index in [0.717, 1.165) is 30.5 Å². The summed E-state index contributed by atoms with van der Waals surface area (Å²) in [6, 6.07) is 0.386. The molecule has 2 rings (SSSR count). The van der Waals surface area contributed by atoms with E-state index < -0.39 is 0 Å². The molecule has 112 valence electrons. The van der Waals surface area contributed by atoms with Gasteiger partial charge in [0.25, 0.3) is 0 Å². The summed E-state index contributed by atoms with van der Waals surface area (Å²) in [5.41, 5.74) is 1.12. The molecule has 1 unspecified atom stereocenters. The fourth-order valence-electron chi connectivity index (χ4n) is 3.43. The molecule has 1 N–H and O–H groups in total. The minimum atomic E-state index is 0.386. The van der Waals surface area contributed by atoms with Crippen molar-refractivity contribution in [3.05, 3.63) is 24.3 Å². The first-order chi connectivity index (χ1) is 9.72. The van der Waals surface area contributed by atoms with Crippen LogP contribution >= 0.6 is 0 Å². The quantitative estimate of drug-likeness (QED) is 0.853. The van der Waals surface area contributed by atoms with Crippen LogP contribution in [0.1, 0.15) is 64.6 Å². The molecule has 3 heteroatoms. The summed E-state index contributed by atoms with van der Waals surface area (Å²) in [4.78, 5) is 8.79. The molecular weight excluding hydrogens is 246 g/mol. The van der Waals surface area contributed by atoms with E-state index in [2.05, 4.69) is 36.1 Å². The predicted octanol–water partition coefficient (Wildman–Crippen LogP) is 3.98. The van der Waals surface area contributed by atoms with Crippen molar-refractivity contribution in [3.63, 3.8) is 0 Å². The fraction of sp³-hybridized carbons (Fsp3) is 0.765. The maximum Gasteiger partial charge on any atom is 0.0758 e. The Morgan fingerprint density at radius 1 is 1.15 bits per heavy atom. The number of rotatable bonds is 6. The number of aromatic nitrogens is 2. The molecule has 0 radical (unpaired) electrons. The second-order valence-corrected chi connectivity index (χ2v) is 6.48. The molecule has 0 aliphatic heterocycles. The highest BCUT2D eigenvalue weighted by Crippen LogP contribution is 2.38. The summed E-state index contributed by atoms with van der Waals surface area (Å²) >= 11 is 0. The minimum Gasteiger partial charge on any atom is -0.308 e. The molecule has 1 aliphatic rings. The predicted molar refractivity (Wildman–Crippen MR) is 83.4 cm³/mol. The maximum atomic E-state index is 4.54. The summed E-state index contributed by atoms with van der Waals surface area (Å²) in [6.45, 7) is 8.00. The van der Waals surface area contributed by atoms with Gasteiger partial charge >= 0.3 is 0 Å². The van der Waals surface area contributed by atoms with Crippen LogP contribution in [-0.4, -0.2) is 16.5 Å². The fourth-order valence-corrected chi connectivity index (χ4v) is 3.43. The number of nitrogens with zero attached hydrogens (tertiary/aromatic N) is 2. The third-order valence-corrected chi connectivity index (χ3v) is 4.75. The third kappa shape index (κ3) is 4.02. The van der Waals surface area contributed by atoms with Crippen LogP contribution in [0.25, 0.3) is 0 Å². The second kappa shape index (κ2) is 7.72. The Hall–Kier alpha value is -0.960. The highest BCUT2D eigenvalue weighted by Gasteiger charge is 2.30. The maximum absolute atomic E-state index is 4.54. The lowest BCUT2D eigenvalue weighted by Crippen LogP contribution is -2.33. The van der Waals surface area contributed by atoms with Crippen LogP contribution in [0.2, 0.25) is 0 Å². The summed E-state index contributed by atoms with van der Waals surface area (Å²) < 4.78 is 0. The van der Waals surface area contributed by atoms with E-state index in [1.807, 2.05) is 12.4 Å². The van der Waals surface area contributed by atoms with Crippen molar-refractivity contribution >= 4 is 0 Å². The Labute approximate surface area is 123 Å². The summed E-state index contributed by atoms with van der Waals surface area (Å²) in [7, 11) is 0. The number of hydrogen-bond acceptors (Lipinski definition) is 3. The zero-order valence-corrected chi connectivity index (χ0v) is 13.2. The molecule has 20 heavy (non-hydrogen) atoms. The number of nitrogens with one attached hydrogen (secondary N) is 1. The monoisotopic (exact) mass is 275 g/mol. The van der Waals surface area contributed by atoms with Crippen LogP contribution in [0.3, 0.4) is 0 Å². The lowest BCUT2D eigenvalue weighted by molar-refractivity contribution is 0.187. The minimum absolute atomic E-state index is 0.386. The van der Waals surface area contributed by atoms with E-state index in [1.54, 1.807) is 6.20 Å². The molecule has 1 saturated carbocycles. The molecule has 1 heterocycles. The Bertz CT molecular complexity index is 369. The standard InChI is InChI=1S/C17H29N3/c1-4-9-20-17(16-12-18-10-11-19-16)15-7-5-14(6-8-15)13(2)3/h10-15,17,20H,4-9H2,1-3H3. The van der Waals surface area contributed by atoms with Gasteiger partial charge in [0, 0.05) is 18.6 Å². The lowest BCUT2D eigenvalue weighted by Gasteiger charge is -2.35. The largest absolute Gasteiger partial charge is 0.308 e. The van der Waals surface area contributed by atoms with Gasteiger partial charge in [-0.3, -0.25) is 9.97 Å². The normalized spacial score (nSPS) is 24.8. The van der Waals surface area contributed by atoms with E-state index >= 15 is 0 Å². The van der Waals surface area contributed by atoms with E-state index in [1.165, 1.54) is 25.7 Å². The first-order valence-corrected chi connectivity index (χ1v) is 8.21. The van der Waals surface area contributed by atoms with Crippen molar-refractivity contribution in [2.24, 2.45) is 17.8 Å². The van der Waals surface area contributed by atoms with Gasteiger partial charge in [-0.1, -0.05) is 20.8 Å². The average molecular weight is 275 g/mol. The van der Waals surface area contributed by atoms with E-state index in [4.69, 9.17) is 0 Å². The lowest BCUT2D eigenvalue weighted by atomic mass is 9.74. The third-order valence-electron chi connectivity index (χ3n) is 4.75. The van der Waals surface area contributed by atoms with Crippen LogP contribution in [0.5, 0.6) is 0 Å². The van der Waals surface area contributed by atoms with Crippen molar-refractivity contribution in [2.75, 3.05) is 6.54 Å². The van der Waals surface area contributed by atoms with Gasteiger partial charge in [-0.2, -0.15) is 0 Å². The molecule has 3 nitrogen and oxygen atoms in total. The highest BCUT2D eigenvalue weighted by molar-refractivity contribution is 5.05. The molecule has 0 aromatic carbocycles. The molecule has 0 bridgehead atoms. The van der Waals surface area contributed by atoms with Crippen molar-refractivity contribution in [1.82, 2.24) is 15.3 Å². The van der Waals surface area contributed by atoms with Crippen LogP contribution in [-0.2, 0) is 0 Å². The zero-order chi connectivity index (χ0) is 14.4. The van der Waals surface area contributed by atoms with Gasteiger partial charge in [0.2, 0.25) is 0 Å². The van der Waals surface area contributed by atoms with Gasteiger partial charge in [0.15, 0.2) is 0 Å². The SMILES string of the molecule is CCCNC(c1cnccn1)C1CCC(C(C)C)CC1. The van der Waals surface area contributed by atoms with Gasteiger partial charge in [0.05, 0.1) is 11.7 Å². The molecule has 1 atom stereocenters. The molecule has 1 aromatic rings. The molecular formula is C17H29N3. The second-order valence-electron chi connectivity index (χ2n) is 6.48. The molecule has 1 aromatic heterocycles. The van der Waals surface area contributed by atoms with Crippen molar-refractivity contribution < 1.29 is 0 Å². The Morgan fingerprint density at radius 3 is 2.40 bits per heavy atom. The Morgan fingerprint density at radius 2 is 1.85 bits per heavy atom. The smallest absolute Gasteiger partial charge is 0.0758 e. The summed E-state index contributed by atoms with van der Waals surface area (Å²) in [6.07, 6.45) is 12.0. The first kappa shape index (κ1) is 15.4. The average Bonchev–Trinajstić information content (AvgIpc) is 2.49. The Balaban J connectivity index is 2.01. The van der Waals surface area contributed by atoms with Crippen LogP contribution in [0.4, 0.5) is 0 Å². The van der Waals surface area contributed by atoms with E-state index in [9.17, 15) is 0 Å². The molecule has 0 amide bonds. The first-order valence-electron chi connectivity index (χ1n) is 8.21. The molecule has 1 aliphatic carbocycles. The van der Waals surface area contributed by atoms with Gasteiger partial charge in [-0.05, 0) is 56.4 Å². The van der Waals surface area contributed by atoms with Gasteiger partial charge in [-0.15, -0.1) is 0 Å². The van der Waals surface area contributed by atoms with Crippen LogP contribution in [0.15, 0.2) is 18.6 Å². The van der Waals surface area contributed by atoms with Crippen molar-refractivity contribution in [1.29, 1.82) is 0 Å². The molecule has 1 fully saturated rings. The topological polar surface area (TPSA) is 37.8 Å². The van der Waals surface area contributed by atoms with Gasteiger partial charge < -0.3 is 5.32 Å². The van der Waals surface area contributed by atoms with Crippen molar-refractivity contribution in [3.8, 4) is 0 Å². The summed E-state index contributed by atoms with van der Waals surface area (Å²) in [5.74, 6) is 2.46. The van der Waals surface area contributed by atoms with Crippen LogP contribution < -0.4 is 5.32 Å². The van der Waals surface area contributed by atoms with Gasteiger partial charge in [0.1, 0.15) is 0 Å². The Kier molecular flexibility index (Phi) is 5.96. The molecule has 0 saturated heterocycles.